The van der Waals surface area contributed by atoms with Crippen molar-refractivity contribution >= 4 is 0 Å². The Kier molecular flexibility index (Phi) is 4.24. The van der Waals surface area contributed by atoms with Crippen molar-refractivity contribution in [2.75, 3.05) is 0 Å². The summed E-state index contributed by atoms with van der Waals surface area (Å²) in [6.45, 7) is 0. The van der Waals surface area contributed by atoms with Crippen molar-refractivity contribution in [3.63, 3.8) is 0 Å². The van der Waals surface area contributed by atoms with Gasteiger partial charge in [-0.05, 0) is 29.3 Å². The van der Waals surface area contributed by atoms with E-state index in [9.17, 15) is 22.0 Å². The van der Waals surface area contributed by atoms with Crippen molar-refractivity contribution in [1.82, 2.24) is 5.43 Å². The van der Waals surface area contributed by atoms with Crippen molar-refractivity contribution in [2.24, 2.45) is 5.84 Å². The zero-order chi connectivity index (χ0) is 15.6. The number of nitrogens with one attached hydrogen (secondary N) is 1. The van der Waals surface area contributed by atoms with Crippen LogP contribution in [0.3, 0.4) is 0 Å². The Labute approximate surface area is 117 Å². The highest BCUT2D eigenvalue weighted by atomic mass is 19.4. The van der Waals surface area contributed by atoms with E-state index in [1.807, 2.05) is 0 Å². The van der Waals surface area contributed by atoms with Crippen LogP contribution >= 0.6 is 0 Å². The lowest BCUT2D eigenvalue weighted by Gasteiger charge is -2.21. The van der Waals surface area contributed by atoms with Crippen LogP contribution < -0.4 is 11.3 Å². The van der Waals surface area contributed by atoms with Crippen LogP contribution in [0.5, 0.6) is 0 Å². The summed E-state index contributed by atoms with van der Waals surface area (Å²) in [5.41, 5.74) is 1.24. The predicted octanol–water partition coefficient (Wildman–Crippen LogP) is 3.54. The van der Waals surface area contributed by atoms with E-state index in [0.717, 1.165) is 18.2 Å². The van der Waals surface area contributed by atoms with E-state index in [0.29, 0.717) is 0 Å². The van der Waals surface area contributed by atoms with Gasteiger partial charge in [0.15, 0.2) is 11.6 Å². The van der Waals surface area contributed by atoms with Gasteiger partial charge in [0.25, 0.3) is 0 Å². The standard InChI is InChI=1S/C14H11F5N2/c15-11-6-5-8(7-12(11)16)13(21-20)9-3-1-2-4-10(9)14(17,18)19/h1-7,13,21H,20H2. The first-order chi connectivity index (χ1) is 9.84. The number of nitrogens with two attached hydrogens (primary N) is 1. The minimum absolute atomic E-state index is 0.0908. The fourth-order valence-corrected chi connectivity index (χ4v) is 2.06. The molecule has 0 heterocycles. The molecule has 2 aromatic rings. The molecule has 0 amide bonds. The van der Waals surface area contributed by atoms with Crippen LogP contribution in [0, 0.1) is 11.6 Å². The first-order valence-corrected chi connectivity index (χ1v) is 5.91. The third-order valence-corrected chi connectivity index (χ3v) is 3.02. The van der Waals surface area contributed by atoms with Crippen LogP contribution in [0.15, 0.2) is 42.5 Å². The summed E-state index contributed by atoms with van der Waals surface area (Å²) < 4.78 is 65.2. The molecule has 0 aliphatic rings. The molecule has 0 radical (unpaired) electrons. The highest BCUT2D eigenvalue weighted by Crippen LogP contribution is 2.36. The Hall–Kier alpha value is -1.99. The molecule has 0 aliphatic heterocycles. The molecule has 1 atom stereocenters. The van der Waals surface area contributed by atoms with Crippen LogP contribution in [-0.2, 0) is 6.18 Å². The topological polar surface area (TPSA) is 38.0 Å². The predicted molar refractivity (Wildman–Crippen MR) is 67.0 cm³/mol. The highest BCUT2D eigenvalue weighted by molar-refractivity contribution is 5.39. The lowest BCUT2D eigenvalue weighted by Crippen LogP contribution is -2.30. The average molecular weight is 302 g/mol. The van der Waals surface area contributed by atoms with Gasteiger partial charge in [-0.1, -0.05) is 24.3 Å². The zero-order valence-electron chi connectivity index (χ0n) is 10.6. The molecule has 0 fully saturated rings. The Bertz CT molecular complexity index is 640. The maximum Gasteiger partial charge on any atom is 0.416 e. The Morgan fingerprint density at radius 2 is 1.62 bits per heavy atom. The lowest BCUT2D eigenvalue weighted by atomic mass is 9.94. The molecule has 0 bridgehead atoms. The minimum Gasteiger partial charge on any atom is -0.271 e. The van der Waals surface area contributed by atoms with Gasteiger partial charge in [-0.2, -0.15) is 13.2 Å². The molecule has 0 spiro atoms. The Morgan fingerprint density at radius 1 is 0.952 bits per heavy atom. The summed E-state index contributed by atoms with van der Waals surface area (Å²) in [5.74, 6) is 3.06. The second kappa shape index (κ2) is 5.79. The second-order valence-corrected chi connectivity index (χ2v) is 4.36. The molecule has 21 heavy (non-hydrogen) atoms. The van der Waals surface area contributed by atoms with Gasteiger partial charge < -0.3 is 0 Å². The van der Waals surface area contributed by atoms with Crippen LogP contribution in [0.25, 0.3) is 0 Å². The number of hydrazine groups is 1. The molecule has 0 aliphatic carbocycles. The SMILES string of the molecule is NNC(c1ccc(F)c(F)c1)c1ccccc1C(F)(F)F. The maximum atomic E-state index is 13.3. The summed E-state index contributed by atoms with van der Waals surface area (Å²) in [7, 11) is 0. The summed E-state index contributed by atoms with van der Waals surface area (Å²) in [6, 6.07) is 6.50. The minimum atomic E-state index is -4.58. The lowest BCUT2D eigenvalue weighted by molar-refractivity contribution is -0.138. The van der Waals surface area contributed by atoms with Crippen molar-refractivity contribution in [3.8, 4) is 0 Å². The van der Waals surface area contributed by atoms with Gasteiger partial charge in [0.1, 0.15) is 0 Å². The fourth-order valence-electron chi connectivity index (χ4n) is 2.06. The van der Waals surface area contributed by atoms with Gasteiger partial charge in [-0.15, -0.1) is 0 Å². The Balaban J connectivity index is 2.54. The number of rotatable bonds is 3. The van der Waals surface area contributed by atoms with E-state index in [2.05, 4.69) is 5.43 Å². The highest BCUT2D eigenvalue weighted by Gasteiger charge is 2.35. The molecule has 2 nitrogen and oxygen atoms in total. The van der Waals surface area contributed by atoms with Crippen molar-refractivity contribution < 1.29 is 22.0 Å². The van der Waals surface area contributed by atoms with Crippen molar-refractivity contribution in [2.45, 2.75) is 12.2 Å². The molecule has 0 saturated carbocycles. The molecule has 7 heteroatoms. The van der Waals surface area contributed by atoms with Gasteiger partial charge in [-0.3, -0.25) is 5.84 Å². The molecule has 2 rings (SSSR count). The third kappa shape index (κ3) is 3.20. The first kappa shape index (κ1) is 15.4. The van der Waals surface area contributed by atoms with Gasteiger partial charge in [0.05, 0.1) is 11.6 Å². The number of hydrogen-bond acceptors (Lipinski definition) is 2. The summed E-state index contributed by atoms with van der Waals surface area (Å²) in [4.78, 5) is 0. The largest absolute Gasteiger partial charge is 0.416 e. The van der Waals surface area contributed by atoms with Gasteiger partial charge in [-0.25, -0.2) is 14.2 Å². The third-order valence-electron chi connectivity index (χ3n) is 3.02. The van der Waals surface area contributed by atoms with Crippen LogP contribution in [0.2, 0.25) is 0 Å². The fraction of sp³-hybridized carbons (Fsp3) is 0.143. The number of alkyl halides is 3. The van der Waals surface area contributed by atoms with Crippen LogP contribution in [0.4, 0.5) is 22.0 Å². The number of halogens is 5. The molecule has 0 saturated heterocycles. The van der Waals surface area contributed by atoms with E-state index in [1.165, 1.54) is 24.3 Å². The normalized spacial score (nSPS) is 13.2. The molecule has 112 valence electrons. The zero-order valence-corrected chi connectivity index (χ0v) is 10.6. The smallest absolute Gasteiger partial charge is 0.271 e. The van der Waals surface area contributed by atoms with Crippen LogP contribution in [-0.4, -0.2) is 0 Å². The van der Waals surface area contributed by atoms with Gasteiger partial charge in [0, 0.05) is 0 Å². The monoisotopic (exact) mass is 302 g/mol. The van der Waals surface area contributed by atoms with E-state index in [-0.39, 0.29) is 11.1 Å². The molecular weight excluding hydrogens is 291 g/mol. The molecule has 1 unspecified atom stereocenters. The quantitative estimate of drug-likeness (QED) is 0.517. The first-order valence-electron chi connectivity index (χ1n) is 5.91. The Morgan fingerprint density at radius 3 is 2.19 bits per heavy atom. The van der Waals surface area contributed by atoms with Crippen molar-refractivity contribution in [1.29, 1.82) is 0 Å². The summed E-state index contributed by atoms with van der Waals surface area (Å²) in [5, 5.41) is 0. The average Bonchev–Trinajstić information content (AvgIpc) is 2.43. The maximum absolute atomic E-state index is 13.3. The number of hydrogen-bond donors (Lipinski definition) is 2. The van der Waals surface area contributed by atoms with Crippen molar-refractivity contribution in [3.05, 3.63) is 70.8 Å². The molecule has 3 N–H and O–H groups in total. The van der Waals surface area contributed by atoms with Gasteiger partial charge >= 0.3 is 6.18 Å². The van der Waals surface area contributed by atoms with E-state index >= 15 is 0 Å². The van der Waals surface area contributed by atoms with E-state index < -0.39 is 29.4 Å². The van der Waals surface area contributed by atoms with E-state index in [1.54, 1.807) is 0 Å². The molecule has 2 aromatic carbocycles. The molecular formula is C14H11F5N2. The summed E-state index contributed by atoms with van der Waals surface area (Å²) in [6.07, 6.45) is -4.58. The van der Waals surface area contributed by atoms with Crippen LogP contribution in [0.1, 0.15) is 22.7 Å². The molecule has 0 aromatic heterocycles. The summed E-state index contributed by atoms with van der Waals surface area (Å²) >= 11 is 0. The van der Waals surface area contributed by atoms with Gasteiger partial charge in [0.2, 0.25) is 0 Å². The number of benzene rings is 2. The second-order valence-electron chi connectivity index (χ2n) is 4.36. The van der Waals surface area contributed by atoms with E-state index in [4.69, 9.17) is 5.84 Å².